The second kappa shape index (κ2) is 7.14. The minimum atomic E-state index is -1.11. The predicted octanol–water partition coefficient (Wildman–Crippen LogP) is 1.88. The molecule has 3 rings (SSSR count). The van der Waals surface area contributed by atoms with Crippen molar-refractivity contribution in [2.75, 3.05) is 26.2 Å². The zero-order valence-electron chi connectivity index (χ0n) is 16.0. The first-order valence-electron chi connectivity index (χ1n) is 9.01. The van der Waals surface area contributed by atoms with Crippen molar-refractivity contribution in [2.45, 2.75) is 32.4 Å². The summed E-state index contributed by atoms with van der Waals surface area (Å²) in [6, 6.07) is 5.81. The van der Waals surface area contributed by atoms with E-state index in [1.807, 2.05) is 0 Å². The minimum Gasteiger partial charge on any atom is -0.465 e. The largest absolute Gasteiger partial charge is 0.465 e. The lowest BCUT2D eigenvalue weighted by Gasteiger charge is -2.41. The monoisotopic (exact) mass is 389 g/mol. The second-order valence-corrected chi connectivity index (χ2v) is 7.82. The first kappa shape index (κ1) is 19.7. The summed E-state index contributed by atoms with van der Waals surface area (Å²) in [5.41, 5.74) is -0.106. The number of ether oxygens (including phenoxy) is 1. The van der Waals surface area contributed by atoms with Gasteiger partial charge in [0.1, 0.15) is 5.60 Å². The molecule has 2 aliphatic rings. The van der Waals surface area contributed by atoms with Crippen molar-refractivity contribution in [2.24, 2.45) is 0 Å². The van der Waals surface area contributed by atoms with E-state index in [0.717, 1.165) is 4.90 Å². The molecule has 1 aromatic carbocycles. The maximum Gasteiger partial charge on any atom is 0.410 e. The van der Waals surface area contributed by atoms with Crippen LogP contribution in [0, 0.1) is 0 Å². The van der Waals surface area contributed by atoms with Gasteiger partial charge < -0.3 is 14.7 Å². The molecule has 4 amide bonds. The summed E-state index contributed by atoms with van der Waals surface area (Å²) in [6.07, 6.45) is -1.71. The van der Waals surface area contributed by atoms with E-state index in [1.54, 1.807) is 45.0 Å². The molecule has 9 heteroatoms. The number of hydrogen-bond donors (Lipinski definition) is 1. The molecular formula is C19H23N3O6. The summed E-state index contributed by atoms with van der Waals surface area (Å²) in [7, 11) is 0. The second-order valence-electron chi connectivity index (χ2n) is 7.82. The molecule has 9 nitrogen and oxygen atoms in total. The van der Waals surface area contributed by atoms with E-state index in [0.29, 0.717) is 11.1 Å². The van der Waals surface area contributed by atoms with Crippen molar-refractivity contribution in [3.63, 3.8) is 0 Å². The van der Waals surface area contributed by atoms with Crippen LogP contribution in [0.25, 0.3) is 0 Å². The lowest BCUT2D eigenvalue weighted by Crippen LogP contribution is -2.60. The Bertz CT molecular complexity index is 796. The van der Waals surface area contributed by atoms with Crippen LogP contribution < -0.4 is 0 Å². The SMILES string of the molecule is CC(C)(C)OC(=O)N1CCN(C(=O)O)CC1CN1C(=O)c2ccccc2C1=O. The number of rotatable bonds is 2. The number of carbonyl (C=O) groups excluding carboxylic acids is 3. The topological polar surface area (TPSA) is 107 Å². The lowest BCUT2D eigenvalue weighted by molar-refractivity contribution is -0.00466. The molecule has 2 aliphatic heterocycles. The van der Waals surface area contributed by atoms with Crippen LogP contribution in [-0.2, 0) is 4.74 Å². The summed E-state index contributed by atoms with van der Waals surface area (Å²) >= 11 is 0. The molecule has 0 bridgehead atoms. The molecule has 1 N–H and O–H groups in total. The zero-order chi connectivity index (χ0) is 20.6. The van der Waals surface area contributed by atoms with Crippen molar-refractivity contribution >= 4 is 24.0 Å². The third-order valence-electron chi connectivity index (χ3n) is 4.65. The van der Waals surface area contributed by atoms with Crippen molar-refractivity contribution in [3.8, 4) is 0 Å². The third-order valence-corrected chi connectivity index (χ3v) is 4.65. The van der Waals surface area contributed by atoms with Crippen molar-refractivity contribution in [1.29, 1.82) is 0 Å². The van der Waals surface area contributed by atoms with Gasteiger partial charge in [-0.25, -0.2) is 9.59 Å². The Hall–Kier alpha value is -3.10. The van der Waals surface area contributed by atoms with Gasteiger partial charge in [0, 0.05) is 19.6 Å². The Morgan fingerprint density at radius 1 is 1.11 bits per heavy atom. The molecule has 150 valence electrons. The fourth-order valence-electron chi connectivity index (χ4n) is 3.36. The Morgan fingerprint density at radius 2 is 1.68 bits per heavy atom. The first-order valence-corrected chi connectivity index (χ1v) is 9.01. The van der Waals surface area contributed by atoms with Crippen molar-refractivity contribution in [1.82, 2.24) is 14.7 Å². The van der Waals surface area contributed by atoms with E-state index in [1.165, 1.54) is 9.80 Å². The molecule has 0 spiro atoms. The number of imide groups is 1. The number of hydrogen-bond acceptors (Lipinski definition) is 5. The average molecular weight is 389 g/mol. The van der Waals surface area contributed by atoms with Crippen LogP contribution in [0.15, 0.2) is 24.3 Å². The molecule has 0 aliphatic carbocycles. The van der Waals surface area contributed by atoms with Crippen LogP contribution in [0.3, 0.4) is 0 Å². The maximum absolute atomic E-state index is 12.6. The molecule has 0 aromatic heterocycles. The minimum absolute atomic E-state index is 0.0119. The number of carbonyl (C=O) groups is 4. The van der Waals surface area contributed by atoms with Gasteiger partial charge in [-0.15, -0.1) is 0 Å². The van der Waals surface area contributed by atoms with E-state index in [4.69, 9.17) is 4.74 Å². The third kappa shape index (κ3) is 3.78. The van der Waals surface area contributed by atoms with Gasteiger partial charge in [0.15, 0.2) is 0 Å². The Balaban J connectivity index is 1.83. The van der Waals surface area contributed by atoms with E-state index in [9.17, 15) is 24.3 Å². The maximum atomic E-state index is 12.6. The molecule has 28 heavy (non-hydrogen) atoms. The fraction of sp³-hybridized carbons (Fsp3) is 0.474. The highest BCUT2D eigenvalue weighted by Crippen LogP contribution is 2.25. The fourth-order valence-corrected chi connectivity index (χ4v) is 3.36. The molecule has 1 saturated heterocycles. The van der Waals surface area contributed by atoms with Crippen LogP contribution in [-0.4, -0.2) is 81.6 Å². The Labute approximate surface area is 162 Å². The predicted molar refractivity (Wildman–Crippen MR) is 98.1 cm³/mol. The number of nitrogens with zero attached hydrogens (tertiary/aromatic N) is 3. The summed E-state index contributed by atoms with van der Waals surface area (Å²) in [5, 5.41) is 9.32. The summed E-state index contributed by atoms with van der Waals surface area (Å²) in [6.45, 7) is 5.34. The van der Waals surface area contributed by atoms with E-state index in [2.05, 4.69) is 0 Å². The summed E-state index contributed by atoms with van der Waals surface area (Å²) < 4.78 is 5.42. The van der Waals surface area contributed by atoms with Gasteiger partial charge in [0.25, 0.3) is 11.8 Å². The van der Waals surface area contributed by atoms with Crippen LogP contribution in [0.5, 0.6) is 0 Å². The Morgan fingerprint density at radius 3 is 2.18 bits per heavy atom. The molecular weight excluding hydrogens is 366 g/mol. The summed E-state index contributed by atoms with van der Waals surface area (Å²) in [4.78, 5) is 52.9. The highest BCUT2D eigenvalue weighted by Gasteiger charge is 2.41. The lowest BCUT2D eigenvalue weighted by atomic mass is 10.1. The van der Waals surface area contributed by atoms with Gasteiger partial charge in [-0.3, -0.25) is 19.4 Å². The van der Waals surface area contributed by atoms with Crippen molar-refractivity contribution < 1.29 is 29.0 Å². The quantitative estimate of drug-likeness (QED) is 0.774. The van der Waals surface area contributed by atoms with Gasteiger partial charge in [0.2, 0.25) is 0 Å². The smallest absolute Gasteiger partial charge is 0.410 e. The highest BCUT2D eigenvalue weighted by molar-refractivity contribution is 6.21. The number of carboxylic acid groups (broad SMARTS) is 1. The van der Waals surface area contributed by atoms with Gasteiger partial charge in [0.05, 0.1) is 23.7 Å². The van der Waals surface area contributed by atoms with E-state index in [-0.39, 0.29) is 26.2 Å². The number of fused-ring (bicyclic) bond motifs is 1. The molecule has 1 aromatic rings. The zero-order valence-corrected chi connectivity index (χ0v) is 16.0. The summed E-state index contributed by atoms with van der Waals surface area (Å²) in [5.74, 6) is -0.894. The number of piperazine rings is 1. The normalized spacial score (nSPS) is 19.7. The van der Waals surface area contributed by atoms with Crippen LogP contribution in [0.1, 0.15) is 41.5 Å². The Kier molecular flexibility index (Phi) is 5.01. The van der Waals surface area contributed by atoms with E-state index >= 15 is 0 Å². The molecule has 2 heterocycles. The van der Waals surface area contributed by atoms with Gasteiger partial charge in [-0.1, -0.05) is 12.1 Å². The number of benzene rings is 1. The number of amides is 4. The molecule has 0 saturated carbocycles. The average Bonchev–Trinajstić information content (AvgIpc) is 2.85. The molecule has 1 unspecified atom stereocenters. The van der Waals surface area contributed by atoms with Gasteiger partial charge in [-0.05, 0) is 32.9 Å². The first-order chi connectivity index (χ1) is 13.1. The molecule has 1 fully saturated rings. The van der Waals surface area contributed by atoms with Crippen LogP contribution in [0.4, 0.5) is 9.59 Å². The van der Waals surface area contributed by atoms with Gasteiger partial charge >= 0.3 is 12.2 Å². The highest BCUT2D eigenvalue weighted by atomic mass is 16.6. The van der Waals surface area contributed by atoms with Gasteiger partial charge in [-0.2, -0.15) is 0 Å². The van der Waals surface area contributed by atoms with Crippen LogP contribution in [0.2, 0.25) is 0 Å². The standard InChI is InChI=1S/C19H23N3O6/c1-19(2,3)28-18(27)21-9-8-20(17(25)26)10-12(21)11-22-15(23)13-6-4-5-7-14(13)16(22)24/h4-7,12H,8-11H2,1-3H3,(H,25,26). The molecule has 0 radical (unpaired) electrons. The van der Waals surface area contributed by atoms with Crippen LogP contribution >= 0.6 is 0 Å². The molecule has 1 atom stereocenters. The van der Waals surface area contributed by atoms with Crippen molar-refractivity contribution in [3.05, 3.63) is 35.4 Å². The van der Waals surface area contributed by atoms with E-state index < -0.39 is 35.6 Å².